The second kappa shape index (κ2) is 1.94. The Morgan fingerprint density at radius 2 is 2.00 bits per heavy atom. The SMILES string of the molecule is CC1=C(N)[NH+]([O-])O[NH+]1[O-]. The predicted molar refractivity (Wildman–Crippen MR) is 26.6 cm³/mol. The largest absolute Gasteiger partial charge is 0.590 e. The van der Waals surface area contributed by atoms with Gasteiger partial charge in [0, 0.05) is 11.9 Å². The van der Waals surface area contributed by atoms with Crippen LogP contribution in [-0.2, 0) is 4.94 Å². The van der Waals surface area contributed by atoms with E-state index in [9.17, 15) is 10.4 Å². The summed E-state index contributed by atoms with van der Waals surface area (Å²) in [7, 11) is 0. The van der Waals surface area contributed by atoms with Crippen LogP contribution in [0, 0.1) is 10.4 Å². The van der Waals surface area contributed by atoms with Gasteiger partial charge in [0.25, 0.3) is 5.82 Å². The van der Waals surface area contributed by atoms with Crippen LogP contribution in [0.3, 0.4) is 0 Å². The molecule has 2 unspecified atom stereocenters. The third-order valence-corrected chi connectivity index (χ3v) is 1.12. The van der Waals surface area contributed by atoms with Crippen molar-refractivity contribution < 1.29 is 15.4 Å². The highest BCUT2D eigenvalue weighted by Crippen LogP contribution is 1.82. The van der Waals surface area contributed by atoms with E-state index in [4.69, 9.17) is 5.73 Å². The first kappa shape index (κ1) is 6.46. The van der Waals surface area contributed by atoms with Gasteiger partial charge in [0.2, 0.25) is 5.70 Å². The molecule has 2 atom stereocenters. The molecule has 0 aromatic heterocycles. The average molecular weight is 133 g/mol. The summed E-state index contributed by atoms with van der Waals surface area (Å²) >= 11 is 0. The minimum absolute atomic E-state index is 0.0833. The summed E-state index contributed by atoms with van der Waals surface area (Å²) in [5, 5.41) is 19.4. The van der Waals surface area contributed by atoms with Crippen LogP contribution in [0.15, 0.2) is 11.5 Å². The standard InChI is InChI=1S/C3H7N3O3/c1-2-3(4)6(8)9-5(2)7/h5-6H,4H2,1H3. The number of hydroxylamine groups is 4. The van der Waals surface area contributed by atoms with Crippen molar-refractivity contribution >= 4 is 0 Å². The van der Waals surface area contributed by atoms with E-state index in [2.05, 4.69) is 4.94 Å². The number of nitrogens with one attached hydrogen (secondary N) is 2. The molecule has 0 fully saturated rings. The molecule has 0 bridgehead atoms. The summed E-state index contributed by atoms with van der Waals surface area (Å²) < 4.78 is 0. The molecule has 6 nitrogen and oxygen atoms in total. The molecule has 0 spiro atoms. The molecule has 1 heterocycles. The van der Waals surface area contributed by atoms with Crippen molar-refractivity contribution in [1.82, 2.24) is 0 Å². The molecule has 0 saturated heterocycles. The minimum Gasteiger partial charge on any atom is -0.590 e. The average Bonchev–Trinajstić information content (AvgIpc) is 1.98. The maximum Gasteiger partial charge on any atom is 0.296 e. The van der Waals surface area contributed by atoms with Gasteiger partial charge < -0.3 is 16.1 Å². The van der Waals surface area contributed by atoms with E-state index in [1.165, 1.54) is 6.92 Å². The van der Waals surface area contributed by atoms with Crippen LogP contribution < -0.4 is 16.2 Å². The van der Waals surface area contributed by atoms with Gasteiger partial charge in [-0.15, -0.1) is 10.5 Å². The zero-order valence-corrected chi connectivity index (χ0v) is 4.80. The predicted octanol–water partition coefficient (Wildman–Crippen LogP) is -3.24. The normalized spacial score (nSPS) is 35.9. The van der Waals surface area contributed by atoms with Crippen LogP contribution in [0.5, 0.6) is 0 Å². The van der Waals surface area contributed by atoms with Crippen LogP contribution >= 0.6 is 0 Å². The molecule has 0 aliphatic carbocycles. The Balaban J connectivity index is 2.79. The molecule has 4 N–H and O–H groups in total. The number of hydrogen-bond donors (Lipinski definition) is 3. The number of hydrogen-bond acceptors (Lipinski definition) is 4. The first-order valence-electron chi connectivity index (χ1n) is 2.36. The summed E-state index contributed by atoms with van der Waals surface area (Å²) in [6.07, 6.45) is 0. The molecular weight excluding hydrogens is 126 g/mol. The molecule has 1 aliphatic rings. The number of rotatable bonds is 0. The molecule has 9 heavy (non-hydrogen) atoms. The van der Waals surface area contributed by atoms with Gasteiger partial charge in [0.1, 0.15) is 0 Å². The van der Waals surface area contributed by atoms with Crippen molar-refractivity contribution in [2.75, 3.05) is 0 Å². The first-order valence-corrected chi connectivity index (χ1v) is 2.36. The Hall–Kier alpha value is -0.660. The van der Waals surface area contributed by atoms with Crippen LogP contribution in [-0.4, -0.2) is 0 Å². The fraction of sp³-hybridized carbons (Fsp3) is 0.333. The molecule has 0 amide bonds. The lowest BCUT2D eigenvalue weighted by Gasteiger charge is -2.11. The summed E-state index contributed by atoms with van der Waals surface area (Å²) in [4.78, 5) is 4.11. The zero-order chi connectivity index (χ0) is 7.02. The van der Waals surface area contributed by atoms with E-state index in [0.717, 1.165) is 0 Å². The first-order chi connectivity index (χ1) is 4.13. The highest BCUT2D eigenvalue weighted by molar-refractivity contribution is 4.89. The van der Waals surface area contributed by atoms with Crippen LogP contribution in [0.25, 0.3) is 0 Å². The summed E-state index contributed by atoms with van der Waals surface area (Å²) in [5.74, 6) is -0.0833. The molecule has 0 radical (unpaired) electrons. The van der Waals surface area contributed by atoms with Crippen molar-refractivity contribution in [1.29, 1.82) is 0 Å². The quantitative estimate of drug-likeness (QED) is 0.303. The summed E-state index contributed by atoms with van der Waals surface area (Å²) in [6, 6.07) is 0. The van der Waals surface area contributed by atoms with Gasteiger partial charge >= 0.3 is 0 Å². The molecule has 0 aromatic rings. The van der Waals surface area contributed by atoms with Crippen molar-refractivity contribution in [2.24, 2.45) is 5.73 Å². The smallest absolute Gasteiger partial charge is 0.296 e. The second-order valence-electron chi connectivity index (χ2n) is 1.72. The topological polar surface area (TPSA) is 90.2 Å². The maximum atomic E-state index is 10.4. The lowest BCUT2D eigenvalue weighted by atomic mass is 10.5. The van der Waals surface area contributed by atoms with E-state index in [-0.39, 0.29) is 11.5 Å². The van der Waals surface area contributed by atoms with Crippen LogP contribution in [0.2, 0.25) is 0 Å². The van der Waals surface area contributed by atoms with Gasteiger partial charge in [-0.3, -0.25) is 0 Å². The summed E-state index contributed by atoms with van der Waals surface area (Å²) in [6.45, 7) is 1.45. The van der Waals surface area contributed by atoms with Crippen molar-refractivity contribution in [3.05, 3.63) is 21.9 Å². The van der Waals surface area contributed by atoms with Gasteiger partial charge in [-0.1, -0.05) is 0 Å². The molecule has 0 aromatic carbocycles. The molecular formula is C3H7N3O3. The highest BCUT2D eigenvalue weighted by atomic mass is 17.1. The lowest BCUT2D eigenvalue weighted by Crippen LogP contribution is -3.18. The van der Waals surface area contributed by atoms with Crippen molar-refractivity contribution in [3.8, 4) is 0 Å². The summed E-state index contributed by atoms with van der Waals surface area (Å²) in [5.41, 5.74) is 5.29. The van der Waals surface area contributed by atoms with Gasteiger partial charge in [0.05, 0.1) is 0 Å². The molecule has 1 rings (SSSR count). The molecule has 1 aliphatic heterocycles. The van der Waals surface area contributed by atoms with E-state index < -0.39 is 10.5 Å². The van der Waals surface area contributed by atoms with Crippen molar-refractivity contribution in [3.63, 3.8) is 0 Å². The Kier molecular flexibility index (Phi) is 1.39. The molecule has 0 saturated carbocycles. The van der Waals surface area contributed by atoms with Gasteiger partial charge in [-0.25, -0.2) is 0 Å². The third kappa shape index (κ3) is 0.889. The monoisotopic (exact) mass is 133 g/mol. The number of nitrogens with two attached hydrogens (primary N) is 1. The lowest BCUT2D eigenvalue weighted by molar-refractivity contribution is -1.26. The second-order valence-corrected chi connectivity index (χ2v) is 1.72. The Labute approximate surface area is 51.2 Å². The zero-order valence-electron chi connectivity index (χ0n) is 4.80. The van der Waals surface area contributed by atoms with E-state index in [1.807, 2.05) is 0 Å². The van der Waals surface area contributed by atoms with Crippen LogP contribution in [0.4, 0.5) is 0 Å². The Morgan fingerprint density at radius 1 is 1.44 bits per heavy atom. The fourth-order valence-corrected chi connectivity index (χ4v) is 0.479. The van der Waals surface area contributed by atoms with Gasteiger partial charge in [-0.2, -0.15) is 0 Å². The van der Waals surface area contributed by atoms with E-state index in [1.54, 1.807) is 0 Å². The molecule has 6 heteroatoms. The van der Waals surface area contributed by atoms with Gasteiger partial charge in [-0.05, 0) is 0 Å². The minimum atomic E-state index is -0.738. The number of quaternary nitrogens is 2. The maximum absolute atomic E-state index is 10.4. The third-order valence-electron chi connectivity index (χ3n) is 1.12. The van der Waals surface area contributed by atoms with Crippen molar-refractivity contribution in [2.45, 2.75) is 6.92 Å². The Bertz CT molecular complexity index is 140. The fourth-order valence-electron chi connectivity index (χ4n) is 0.479. The molecule has 52 valence electrons. The van der Waals surface area contributed by atoms with Gasteiger partial charge in [0.15, 0.2) is 0 Å². The Morgan fingerprint density at radius 3 is 2.11 bits per heavy atom. The number of allylic oxidation sites excluding steroid dienone is 1. The van der Waals surface area contributed by atoms with E-state index in [0.29, 0.717) is 0 Å². The highest BCUT2D eigenvalue weighted by Gasteiger charge is 2.26. The van der Waals surface area contributed by atoms with Crippen LogP contribution in [0.1, 0.15) is 6.92 Å². The van der Waals surface area contributed by atoms with E-state index >= 15 is 0 Å².